The van der Waals surface area contributed by atoms with Gasteiger partial charge in [-0.3, -0.25) is 4.90 Å². The van der Waals surface area contributed by atoms with Crippen molar-refractivity contribution < 1.29 is 4.74 Å². The summed E-state index contributed by atoms with van der Waals surface area (Å²) >= 11 is 3.41. The second kappa shape index (κ2) is 7.48. The summed E-state index contributed by atoms with van der Waals surface area (Å²) in [5.74, 6) is 0. The summed E-state index contributed by atoms with van der Waals surface area (Å²) in [4.78, 5) is 2.25. The fourth-order valence-corrected chi connectivity index (χ4v) is 1.97. The van der Waals surface area contributed by atoms with Crippen LogP contribution in [0, 0.1) is 0 Å². The van der Waals surface area contributed by atoms with Gasteiger partial charge in [0.05, 0.1) is 6.61 Å². The maximum Gasteiger partial charge on any atom is 0.0589 e. The Balaban J connectivity index is 2.67. The minimum absolute atomic E-state index is 0.713. The summed E-state index contributed by atoms with van der Waals surface area (Å²) < 4.78 is 6.10. The maximum absolute atomic E-state index is 5.98. The number of anilines is 1. The first-order valence-corrected chi connectivity index (χ1v) is 6.32. The molecular formula is C13H19BrN2O. The standard InChI is InChI=1S/C13H19BrN2O/c1-3-6-16(7-8-17-2)10-11-4-5-12(14)9-13(11)15/h3-5,9H,1,6-8,10,15H2,2H3. The normalized spacial score (nSPS) is 10.8. The molecule has 2 N–H and O–H groups in total. The van der Waals surface area contributed by atoms with Gasteiger partial charge in [0.2, 0.25) is 0 Å². The second-order valence-corrected chi connectivity index (χ2v) is 4.78. The largest absolute Gasteiger partial charge is 0.398 e. The molecule has 0 aliphatic carbocycles. The second-order valence-electron chi connectivity index (χ2n) is 3.86. The molecule has 1 aromatic rings. The molecule has 4 heteroatoms. The van der Waals surface area contributed by atoms with Crippen LogP contribution in [0.2, 0.25) is 0 Å². The first-order chi connectivity index (χ1) is 8.17. The average Bonchev–Trinajstić information content (AvgIpc) is 2.29. The van der Waals surface area contributed by atoms with E-state index >= 15 is 0 Å². The van der Waals surface area contributed by atoms with Gasteiger partial charge in [-0.15, -0.1) is 6.58 Å². The third-order valence-corrected chi connectivity index (χ3v) is 2.99. The maximum atomic E-state index is 5.98. The Bertz CT molecular complexity index is 368. The molecule has 0 unspecified atom stereocenters. The SMILES string of the molecule is C=CCN(CCOC)Cc1ccc(Br)cc1N. The Kier molecular flexibility index (Phi) is 6.26. The first kappa shape index (κ1) is 14.2. The van der Waals surface area contributed by atoms with Crippen molar-refractivity contribution in [3.05, 3.63) is 40.9 Å². The monoisotopic (exact) mass is 298 g/mol. The molecule has 0 amide bonds. The van der Waals surface area contributed by atoms with Crippen LogP contribution in [-0.4, -0.2) is 31.7 Å². The minimum Gasteiger partial charge on any atom is -0.398 e. The summed E-state index contributed by atoms with van der Waals surface area (Å²) in [6.45, 7) is 7.00. The number of benzene rings is 1. The quantitative estimate of drug-likeness (QED) is 0.621. The lowest BCUT2D eigenvalue weighted by Crippen LogP contribution is -2.27. The lowest BCUT2D eigenvalue weighted by atomic mass is 10.1. The van der Waals surface area contributed by atoms with E-state index in [9.17, 15) is 0 Å². The van der Waals surface area contributed by atoms with Gasteiger partial charge in [-0.2, -0.15) is 0 Å². The van der Waals surface area contributed by atoms with E-state index in [1.54, 1.807) is 7.11 Å². The van der Waals surface area contributed by atoms with Gasteiger partial charge in [-0.05, 0) is 17.7 Å². The van der Waals surface area contributed by atoms with Gasteiger partial charge < -0.3 is 10.5 Å². The molecule has 0 spiro atoms. The van der Waals surface area contributed by atoms with Crippen LogP contribution >= 0.6 is 15.9 Å². The number of nitrogens with two attached hydrogens (primary N) is 1. The van der Waals surface area contributed by atoms with Crippen LogP contribution in [0.5, 0.6) is 0 Å². The highest BCUT2D eigenvalue weighted by molar-refractivity contribution is 9.10. The van der Waals surface area contributed by atoms with Gasteiger partial charge >= 0.3 is 0 Å². The highest BCUT2D eigenvalue weighted by Gasteiger charge is 2.06. The van der Waals surface area contributed by atoms with E-state index in [0.29, 0.717) is 6.61 Å². The Morgan fingerprint density at radius 1 is 1.53 bits per heavy atom. The number of hydrogen-bond donors (Lipinski definition) is 1. The molecule has 1 aromatic carbocycles. The third-order valence-electron chi connectivity index (χ3n) is 2.50. The summed E-state index contributed by atoms with van der Waals surface area (Å²) in [5.41, 5.74) is 7.92. The molecule has 0 fully saturated rings. The van der Waals surface area contributed by atoms with E-state index in [2.05, 4.69) is 27.4 Å². The number of hydrogen-bond acceptors (Lipinski definition) is 3. The molecule has 3 nitrogen and oxygen atoms in total. The van der Waals surface area contributed by atoms with Crippen molar-refractivity contribution in [1.29, 1.82) is 0 Å². The Labute approximate surface area is 111 Å². The fourth-order valence-electron chi connectivity index (χ4n) is 1.59. The van der Waals surface area contributed by atoms with Crippen molar-refractivity contribution >= 4 is 21.6 Å². The lowest BCUT2D eigenvalue weighted by molar-refractivity contribution is 0.151. The first-order valence-electron chi connectivity index (χ1n) is 5.53. The van der Waals surface area contributed by atoms with Crippen LogP contribution in [0.15, 0.2) is 35.3 Å². The third kappa shape index (κ3) is 4.89. The molecule has 17 heavy (non-hydrogen) atoms. The molecule has 0 radical (unpaired) electrons. The van der Waals surface area contributed by atoms with Crippen LogP contribution in [-0.2, 0) is 11.3 Å². The molecule has 0 heterocycles. The molecule has 0 bridgehead atoms. The highest BCUT2D eigenvalue weighted by atomic mass is 79.9. The summed E-state index contributed by atoms with van der Waals surface area (Å²) in [7, 11) is 1.71. The van der Waals surface area contributed by atoms with Crippen LogP contribution in [0.1, 0.15) is 5.56 Å². The number of nitrogens with zero attached hydrogens (tertiary/aromatic N) is 1. The number of rotatable bonds is 7. The van der Waals surface area contributed by atoms with Gasteiger partial charge in [0.1, 0.15) is 0 Å². The van der Waals surface area contributed by atoms with Crippen molar-refractivity contribution in [2.75, 3.05) is 32.5 Å². The van der Waals surface area contributed by atoms with E-state index in [0.717, 1.165) is 35.4 Å². The summed E-state index contributed by atoms with van der Waals surface area (Å²) in [6, 6.07) is 5.98. The summed E-state index contributed by atoms with van der Waals surface area (Å²) in [6.07, 6.45) is 1.89. The zero-order valence-electron chi connectivity index (χ0n) is 10.2. The van der Waals surface area contributed by atoms with E-state index in [-0.39, 0.29) is 0 Å². The molecule has 0 atom stereocenters. The molecule has 0 saturated heterocycles. The predicted octanol–water partition coefficient (Wildman–Crippen LogP) is 2.67. The van der Waals surface area contributed by atoms with E-state index < -0.39 is 0 Å². The number of nitrogen functional groups attached to an aromatic ring is 1. The number of methoxy groups -OCH3 is 1. The topological polar surface area (TPSA) is 38.5 Å². The predicted molar refractivity (Wildman–Crippen MR) is 75.9 cm³/mol. The lowest BCUT2D eigenvalue weighted by Gasteiger charge is -2.21. The van der Waals surface area contributed by atoms with Crippen molar-refractivity contribution in [1.82, 2.24) is 4.90 Å². The molecule has 0 aliphatic heterocycles. The zero-order chi connectivity index (χ0) is 12.7. The van der Waals surface area contributed by atoms with Gasteiger partial charge in [0.25, 0.3) is 0 Å². The molecule has 0 saturated carbocycles. The van der Waals surface area contributed by atoms with E-state index in [1.807, 2.05) is 24.3 Å². The van der Waals surface area contributed by atoms with Gasteiger partial charge in [0, 0.05) is 36.9 Å². The number of ether oxygens (including phenoxy) is 1. The average molecular weight is 299 g/mol. The van der Waals surface area contributed by atoms with Crippen molar-refractivity contribution in [2.24, 2.45) is 0 Å². The fraction of sp³-hybridized carbons (Fsp3) is 0.385. The number of halogens is 1. The Morgan fingerprint density at radius 2 is 2.29 bits per heavy atom. The molecule has 0 aromatic heterocycles. The van der Waals surface area contributed by atoms with Crippen LogP contribution < -0.4 is 5.73 Å². The van der Waals surface area contributed by atoms with Gasteiger partial charge in [-0.1, -0.05) is 28.1 Å². The van der Waals surface area contributed by atoms with Gasteiger partial charge in [0.15, 0.2) is 0 Å². The van der Waals surface area contributed by atoms with Crippen molar-refractivity contribution in [2.45, 2.75) is 6.54 Å². The summed E-state index contributed by atoms with van der Waals surface area (Å²) in [5, 5.41) is 0. The minimum atomic E-state index is 0.713. The van der Waals surface area contributed by atoms with Crippen molar-refractivity contribution in [3.8, 4) is 0 Å². The van der Waals surface area contributed by atoms with Gasteiger partial charge in [-0.25, -0.2) is 0 Å². The van der Waals surface area contributed by atoms with E-state index in [4.69, 9.17) is 10.5 Å². The van der Waals surface area contributed by atoms with Crippen LogP contribution in [0.3, 0.4) is 0 Å². The van der Waals surface area contributed by atoms with E-state index in [1.165, 1.54) is 0 Å². The Hall–Kier alpha value is -0.840. The highest BCUT2D eigenvalue weighted by Crippen LogP contribution is 2.19. The molecular weight excluding hydrogens is 280 g/mol. The molecule has 0 aliphatic rings. The molecule has 94 valence electrons. The van der Waals surface area contributed by atoms with Crippen LogP contribution in [0.4, 0.5) is 5.69 Å². The smallest absolute Gasteiger partial charge is 0.0589 e. The van der Waals surface area contributed by atoms with Crippen molar-refractivity contribution in [3.63, 3.8) is 0 Å². The Morgan fingerprint density at radius 3 is 2.88 bits per heavy atom. The zero-order valence-corrected chi connectivity index (χ0v) is 11.7. The molecule has 1 rings (SSSR count). The van der Waals surface area contributed by atoms with Crippen LogP contribution in [0.25, 0.3) is 0 Å².